The van der Waals surface area contributed by atoms with Crippen LogP contribution in [0.3, 0.4) is 0 Å². The number of amides is 3. The predicted octanol–water partition coefficient (Wildman–Crippen LogP) is 1.92. The molecule has 2 aliphatic rings. The molecule has 1 aromatic heterocycles. The number of benzene rings is 1. The second kappa shape index (κ2) is 8.26. The van der Waals surface area contributed by atoms with E-state index in [9.17, 15) is 14.4 Å². The van der Waals surface area contributed by atoms with Crippen molar-refractivity contribution >= 4 is 35.6 Å². The summed E-state index contributed by atoms with van der Waals surface area (Å²) >= 11 is 5.08. The average Bonchev–Trinajstić information content (AvgIpc) is 3.24. The molecule has 0 spiro atoms. The number of carbonyl (C=O) groups excluding carboxylic acids is 3. The molecular formula is C21H26N6O3S. The normalized spacial score (nSPS) is 20.1. The minimum atomic E-state index is -0.685. The topological polar surface area (TPSA) is 103 Å². The Bertz CT molecular complexity index is 1090. The Morgan fingerprint density at radius 3 is 2.84 bits per heavy atom. The monoisotopic (exact) mass is 442 g/mol. The van der Waals surface area contributed by atoms with E-state index in [0.717, 1.165) is 5.82 Å². The lowest BCUT2D eigenvalue weighted by molar-refractivity contribution is -0.121. The maximum absolute atomic E-state index is 13.2. The first-order valence-electron chi connectivity index (χ1n) is 10.4. The van der Waals surface area contributed by atoms with Gasteiger partial charge < -0.3 is 14.8 Å². The molecule has 0 bridgehead atoms. The fraction of sp³-hybridized carbons (Fsp3) is 0.476. The number of anilines is 1. The van der Waals surface area contributed by atoms with E-state index in [0.29, 0.717) is 61.2 Å². The Balaban J connectivity index is 1.35. The highest BCUT2D eigenvalue weighted by Crippen LogP contribution is 2.43. The van der Waals surface area contributed by atoms with Gasteiger partial charge in [0.25, 0.3) is 5.91 Å². The van der Waals surface area contributed by atoms with Crippen molar-refractivity contribution in [3.8, 4) is 0 Å². The number of rotatable bonds is 7. The summed E-state index contributed by atoms with van der Waals surface area (Å²) in [4.78, 5) is 41.5. The maximum Gasteiger partial charge on any atom is 0.257 e. The molecule has 31 heavy (non-hydrogen) atoms. The summed E-state index contributed by atoms with van der Waals surface area (Å²) in [5.74, 6) is 0.641. The van der Waals surface area contributed by atoms with Crippen LogP contribution in [0.15, 0.2) is 24.3 Å². The summed E-state index contributed by atoms with van der Waals surface area (Å²) in [7, 11) is 1.83. The molecule has 9 nitrogen and oxygen atoms in total. The van der Waals surface area contributed by atoms with Gasteiger partial charge in [0, 0.05) is 39.4 Å². The fourth-order valence-electron chi connectivity index (χ4n) is 4.44. The van der Waals surface area contributed by atoms with Gasteiger partial charge >= 0.3 is 0 Å². The van der Waals surface area contributed by atoms with Crippen molar-refractivity contribution in [2.24, 2.45) is 7.05 Å². The number of aromatic amines is 1. The number of nitrogens with one attached hydrogen (secondary N) is 2. The molecule has 0 radical (unpaired) electrons. The molecule has 10 heteroatoms. The van der Waals surface area contributed by atoms with Crippen LogP contribution in [0.1, 0.15) is 48.8 Å². The highest BCUT2D eigenvalue weighted by molar-refractivity contribution is 7.71. The number of para-hydroxylation sites is 1. The number of hydrogen-bond donors (Lipinski definition) is 2. The molecule has 3 amide bonds. The lowest BCUT2D eigenvalue weighted by Gasteiger charge is -2.48. The molecule has 0 saturated carbocycles. The van der Waals surface area contributed by atoms with Gasteiger partial charge in [-0.1, -0.05) is 12.1 Å². The third-order valence-electron chi connectivity index (χ3n) is 6.17. The van der Waals surface area contributed by atoms with E-state index in [2.05, 4.69) is 15.5 Å². The molecule has 2 N–H and O–H groups in total. The van der Waals surface area contributed by atoms with Crippen molar-refractivity contribution in [1.82, 2.24) is 25.0 Å². The SMILES string of the molecule is Cn1c(CCNC(=O)CCCN2C(=O)c3ccccc3N3C(=O)CCC23C)n[nH]c1=S. The number of carbonyl (C=O) groups is 3. The molecule has 2 aromatic rings. The quantitative estimate of drug-likeness (QED) is 0.638. The molecule has 0 aliphatic carbocycles. The van der Waals surface area contributed by atoms with Gasteiger partial charge in [-0.05, 0) is 44.1 Å². The highest BCUT2D eigenvalue weighted by atomic mass is 32.1. The lowest BCUT2D eigenvalue weighted by atomic mass is 9.98. The largest absolute Gasteiger partial charge is 0.356 e. The summed E-state index contributed by atoms with van der Waals surface area (Å²) < 4.78 is 2.32. The molecular weight excluding hydrogens is 416 g/mol. The number of H-pyrrole nitrogens is 1. The van der Waals surface area contributed by atoms with Crippen LogP contribution in [0.5, 0.6) is 0 Å². The van der Waals surface area contributed by atoms with Crippen LogP contribution in [-0.4, -0.2) is 56.1 Å². The van der Waals surface area contributed by atoms with Gasteiger partial charge in [0.1, 0.15) is 11.5 Å². The van der Waals surface area contributed by atoms with Gasteiger partial charge in [0.05, 0.1) is 11.3 Å². The summed E-state index contributed by atoms with van der Waals surface area (Å²) in [5, 5.41) is 9.73. The van der Waals surface area contributed by atoms with E-state index in [1.54, 1.807) is 26.5 Å². The Labute approximate surface area is 185 Å². The van der Waals surface area contributed by atoms with Crippen molar-refractivity contribution < 1.29 is 14.4 Å². The van der Waals surface area contributed by atoms with E-state index in [1.165, 1.54) is 0 Å². The van der Waals surface area contributed by atoms with Gasteiger partial charge in [-0.2, -0.15) is 5.10 Å². The number of aromatic nitrogens is 3. The van der Waals surface area contributed by atoms with Gasteiger partial charge in [-0.3, -0.25) is 24.4 Å². The zero-order valence-corrected chi connectivity index (χ0v) is 18.5. The lowest BCUT2D eigenvalue weighted by Crippen LogP contribution is -2.62. The van der Waals surface area contributed by atoms with E-state index < -0.39 is 5.66 Å². The Morgan fingerprint density at radius 2 is 2.10 bits per heavy atom. The highest BCUT2D eigenvalue weighted by Gasteiger charge is 2.52. The van der Waals surface area contributed by atoms with Crippen LogP contribution in [-0.2, 0) is 23.1 Å². The van der Waals surface area contributed by atoms with E-state index in [-0.39, 0.29) is 17.7 Å². The summed E-state index contributed by atoms with van der Waals surface area (Å²) in [6.45, 7) is 2.81. The van der Waals surface area contributed by atoms with Crippen molar-refractivity contribution in [2.45, 2.75) is 44.7 Å². The number of hydrogen-bond acceptors (Lipinski definition) is 5. The van der Waals surface area contributed by atoms with E-state index >= 15 is 0 Å². The summed E-state index contributed by atoms with van der Waals surface area (Å²) in [6.07, 6.45) is 2.39. The van der Waals surface area contributed by atoms with Crippen molar-refractivity contribution in [3.05, 3.63) is 40.4 Å². The van der Waals surface area contributed by atoms with Crippen molar-refractivity contribution in [2.75, 3.05) is 18.0 Å². The third kappa shape index (κ3) is 3.76. The van der Waals surface area contributed by atoms with Crippen LogP contribution in [0.25, 0.3) is 0 Å². The van der Waals surface area contributed by atoms with Gasteiger partial charge in [0.15, 0.2) is 4.77 Å². The zero-order chi connectivity index (χ0) is 22.2. The van der Waals surface area contributed by atoms with Gasteiger partial charge in [-0.25, -0.2) is 0 Å². The first-order valence-corrected chi connectivity index (χ1v) is 10.8. The molecule has 1 atom stereocenters. The van der Waals surface area contributed by atoms with Crippen LogP contribution < -0.4 is 10.2 Å². The third-order valence-corrected chi connectivity index (χ3v) is 6.54. The van der Waals surface area contributed by atoms with E-state index in [4.69, 9.17) is 12.2 Å². The Hall–Kier alpha value is -3.01. The van der Waals surface area contributed by atoms with Crippen molar-refractivity contribution in [3.63, 3.8) is 0 Å². The second-order valence-corrected chi connectivity index (χ2v) is 8.51. The molecule has 3 heterocycles. The van der Waals surface area contributed by atoms with Crippen LogP contribution in [0.4, 0.5) is 5.69 Å². The molecule has 1 fully saturated rings. The fourth-order valence-corrected chi connectivity index (χ4v) is 4.60. The number of nitrogens with zero attached hydrogens (tertiary/aromatic N) is 4. The Morgan fingerprint density at radius 1 is 1.32 bits per heavy atom. The number of fused-ring (bicyclic) bond motifs is 3. The average molecular weight is 443 g/mol. The first-order chi connectivity index (χ1) is 14.8. The van der Waals surface area contributed by atoms with Gasteiger partial charge in [-0.15, -0.1) is 0 Å². The summed E-state index contributed by atoms with van der Waals surface area (Å²) in [6, 6.07) is 7.23. The standard InChI is InChI=1S/C21H26N6O3S/c1-21-11-9-18(29)27(21)15-7-4-3-6-14(15)19(30)26(21)13-5-8-17(28)22-12-10-16-23-24-20(31)25(16)2/h3-4,6-7H,5,8-13H2,1-2H3,(H,22,28)(H,24,31). The first kappa shape index (κ1) is 21.2. The minimum Gasteiger partial charge on any atom is -0.356 e. The van der Waals surface area contributed by atoms with Crippen molar-refractivity contribution in [1.29, 1.82) is 0 Å². The molecule has 1 saturated heterocycles. The molecule has 1 aromatic carbocycles. The molecule has 2 aliphatic heterocycles. The van der Waals surface area contributed by atoms with Crippen LogP contribution in [0, 0.1) is 4.77 Å². The second-order valence-electron chi connectivity index (χ2n) is 8.13. The smallest absolute Gasteiger partial charge is 0.257 e. The molecule has 1 unspecified atom stereocenters. The van der Waals surface area contributed by atoms with Crippen LogP contribution in [0.2, 0.25) is 0 Å². The van der Waals surface area contributed by atoms with Gasteiger partial charge in [0.2, 0.25) is 11.8 Å². The van der Waals surface area contributed by atoms with E-state index in [1.807, 2.05) is 26.1 Å². The molecule has 4 rings (SSSR count). The predicted molar refractivity (Wildman–Crippen MR) is 117 cm³/mol. The minimum absolute atomic E-state index is 0.0268. The van der Waals surface area contributed by atoms with Crippen LogP contribution >= 0.6 is 12.2 Å². The molecule has 164 valence electrons. The summed E-state index contributed by atoms with van der Waals surface area (Å²) in [5.41, 5.74) is 0.531. The maximum atomic E-state index is 13.2. The Kier molecular flexibility index (Phi) is 5.65. The zero-order valence-electron chi connectivity index (χ0n) is 17.7.